The summed E-state index contributed by atoms with van der Waals surface area (Å²) >= 11 is 3.34. The van der Waals surface area contributed by atoms with Crippen LogP contribution in [0.3, 0.4) is 0 Å². The third-order valence-electron chi connectivity index (χ3n) is 4.59. The number of amides is 1. The number of carbonyl (C=O) groups is 1. The Hall–Kier alpha value is -3.52. The lowest BCUT2D eigenvalue weighted by Crippen LogP contribution is -2.08. The number of phenolic OH excluding ortho intramolecular Hbond substituents is 1. The van der Waals surface area contributed by atoms with Crippen LogP contribution < -0.4 is 14.9 Å². The second-order valence-corrected chi connectivity index (χ2v) is 9.99. The number of ether oxygens (including phenoxy) is 1. The van der Waals surface area contributed by atoms with Crippen molar-refractivity contribution in [1.29, 1.82) is 0 Å². The van der Waals surface area contributed by atoms with Gasteiger partial charge in [-0.2, -0.15) is 16.8 Å². The number of phenols is 1. The van der Waals surface area contributed by atoms with Gasteiger partial charge in [0.15, 0.2) is 11.4 Å². The number of nitrogens with zero attached hydrogens (tertiary/aromatic N) is 2. The van der Waals surface area contributed by atoms with Crippen LogP contribution in [0.25, 0.3) is 10.8 Å². The maximum Gasteiger partial charge on any atom is 0.296 e. The van der Waals surface area contributed by atoms with Crippen molar-refractivity contribution in [1.82, 2.24) is 0 Å². The molecule has 0 heterocycles. The maximum absolute atomic E-state index is 11.8. The van der Waals surface area contributed by atoms with Gasteiger partial charge in [0.05, 0.1) is 17.7 Å². The van der Waals surface area contributed by atoms with Gasteiger partial charge in [0.1, 0.15) is 16.3 Å². The molecule has 0 bridgehead atoms. The first-order chi connectivity index (χ1) is 17.3. The van der Waals surface area contributed by atoms with Crippen molar-refractivity contribution < 1.29 is 54.8 Å². The normalized spacial score (nSPS) is 12.1. The Morgan fingerprint density at radius 1 is 1.03 bits per heavy atom. The van der Waals surface area contributed by atoms with Gasteiger partial charge in [-0.05, 0) is 40.8 Å². The number of aromatic hydroxyl groups is 1. The van der Waals surface area contributed by atoms with Crippen molar-refractivity contribution in [3.8, 4) is 17.2 Å². The topological polar surface area (TPSA) is 220 Å². The van der Waals surface area contributed by atoms with E-state index in [2.05, 4.69) is 37.8 Å². The summed E-state index contributed by atoms with van der Waals surface area (Å²) < 4.78 is 75.1. The second-order valence-electron chi connectivity index (χ2n) is 7.03. The Kier molecular flexibility index (Phi) is 8.22. The predicted molar refractivity (Wildman–Crippen MR) is 128 cm³/mol. The number of carbonyl (C=O) groups excluding carboxylic acids is 1. The van der Waals surface area contributed by atoms with Crippen molar-refractivity contribution in [2.75, 3.05) is 12.4 Å². The molecule has 0 fully saturated rings. The van der Waals surface area contributed by atoms with Crippen LogP contribution in [-0.4, -0.2) is 44.1 Å². The van der Waals surface area contributed by atoms with Crippen LogP contribution in [0.2, 0.25) is 0 Å². The Morgan fingerprint density at radius 3 is 2.30 bits per heavy atom. The first-order valence-corrected chi connectivity index (χ1v) is 12.8. The van der Waals surface area contributed by atoms with Crippen LogP contribution in [0.5, 0.6) is 17.2 Å². The van der Waals surface area contributed by atoms with E-state index >= 15 is 0 Å². The number of nitrogens with one attached hydrogen (secondary N) is 1. The lowest BCUT2D eigenvalue weighted by Gasteiger charge is -2.14. The highest BCUT2D eigenvalue weighted by Gasteiger charge is 2.23. The van der Waals surface area contributed by atoms with Gasteiger partial charge in [-0.25, -0.2) is 0 Å². The van der Waals surface area contributed by atoms with Crippen molar-refractivity contribution >= 4 is 66.9 Å². The Bertz CT molecular complexity index is 1620. The minimum atomic E-state index is -4.79. The molecule has 0 aliphatic rings. The van der Waals surface area contributed by atoms with Crippen LogP contribution in [0.1, 0.15) is 6.92 Å². The Labute approximate surface area is 214 Å². The largest absolute Gasteiger partial charge is 0.505 e. The Balaban J connectivity index is 2.33. The summed E-state index contributed by atoms with van der Waals surface area (Å²) in [6.45, 7) is 1.11. The number of hydrogen-bond donors (Lipinski definition) is 5. The number of rotatable bonds is 9. The van der Waals surface area contributed by atoms with E-state index in [1.54, 1.807) is 0 Å². The summed E-state index contributed by atoms with van der Waals surface area (Å²) in [6.07, 6.45) is 0. The molecule has 0 unspecified atom stereocenters. The summed E-state index contributed by atoms with van der Waals surface area (Å²) in [5.41, 5.74) is -1.13. The van der Waals surface area contributed by atoms with Gasteiger partial charge < -0.3 is 20.0 Å². The first kappa shape index (κ1) is 28.1. The molecular formula is C19H17N3O12S3. The summed E-state index contributed by atoms with van der Waals surface area (Å²) in [5.74, 6) is -1.77. The van der Waals surface area contributed by atoms with Gasteiger partial charge in [-0.15, -0.1) is 14.6 Å². The van der Waals surface area contributed by atoms with E-state index in [0.29, 0.717) is 0 Å². The molecule has 3 aromatic carbocycles. The molecule has 37 heavy (non-hydrogen) atoms. The third kappa shape index (κ3) is 6.43. The zero-order chi connectivity index (χ0) is 27.5. The van der Waals surface area contributed by atoms with E-state index in [0.717, 1.165) is 37.3 Å². The van der Waals surface area contributed by atoms with Crippen molar-refractivity contribution in [3.05, 3.63) is 36.4 Å². The van der Waals surface area contributed by atoms with Crippen molar-refractivity contribution in [3.63, 3.8) is 0 Å². The molecule has 3 aromatic rings. The average Bonchev–Trinajstić information content (AvgIpc) is 2.80. The van der Waals surface area contributed by atoms with Crippen LogP contribution in [0, 0.1) is 0 Å². The summed E-state index contributed by atoms with van der Waals surface area (Å²) in [6, 6.07) is 6.36. The number of fused-ring (bicyclic) bond motifs is 1. The fourth-order valence-corrected chi connectivity index (χ4v) is 4.33. The number of methoxy groups -OCH3 is 1. The third-order valence-corrected chi connectivity index (χ3v) is 6.36. The van der Waals surface area contributed by atoms with Crippen LogP contribution in [0.15, 0.2) is 56.4 Å². The van der Waals surface area contributed by atoms with Crippen LogP contribution >= 0.6 is 12.9 Å². The molecule has 0 spiro atoms. The number of benzene rings is 3. The molecule has 0 saturated heterocycles. The van der Waals surface area contributed by atoms with Crippen LogP contribution in [-0.2, 0) is 34.4 Å². The fraction of sp³-hybridized carbons (Fsp3) is 0.105. The average molecular weight is 576 g/mol. The smallest absolute Gasteiger partial charge is 0.296 e. The maximum atomic E-state index is 11.8. The van der Waals surface area contributed by atoms with Gasteiger partial charge in [-0.3, -0.25) is 13.9 Å². The molecule has 0 saturated carbocycles. The zero-order valence-corrected chi connectivity index (χ0v) is 21.2. The molecule has 198 valence electrons. The first-order valence-electron chi connectivity index (χ1n) is 9.57. The monoisotopic (exact) mass is 575 g/mol. The molecule has 0 radical (unpaired) electrons. The zero-order valence-electron chi connectivity index (χ0n) is 18.6. The number of thiol groups is 1. The van der Waals surface area contributed by atoms with Crippen molar-refractivity contribution in [2.24, 2.45) is 10.2 Å². The molecule has 4 N–H and O–H groups in total. The van der Waals surface area contributed by atoms with E-state index in [1.165, 1.54) is 13.2 Å². The molecule has 0 aliphatic heterocycles. The fourth-order valence-electron chi connectivity index (χ4n) is 3.12. The van der Waals surface area contributed by atoms with E-state index in [9.17, 15) is 35.8 Å². The van der Waals surface area contributed by atoms with E-state index in [4.69, 9.17) is 9.62 Å². The minimum Gasteiger partial charge on any atom is -0.505 e. The van der Waals surface area contributed by atoms with Gasteiger partial charge >= 0.3 is 0 Å². The highest BCUT2D eigenvalue weighted by atomic mass is 32.2. The molecule has 3 rings (SSSR count). The summed E-state index contributed by atoms with van der Waals surface area (Å²) in [5, 5.41) is 24.9. The van der Waals surface area contributed by atoms with E-state index in [1.807, 2.05) is 0 Å². The molecule has 15 nitrogen and oxygen atoms in total. The summed E-state index contributed by atoms with van der Waals surface area (Å²) in [4.78, 5) is 15.2. The number of anilines is 1. The standard InChI is InChI=1S/C19H17N3O12S3/c1-9(23)20-14-8-12(36(25,26)27)5-10-6-15(32-33-34-35)18(19(24)17(10)14)22-21-13-4-3-11(31-2)7-16(13)37(28,29)30/h3-8,24,35H,1-2H3,(H,20,23)(H,25,26,27)(H,28,29,30). The van der Waals surface area contributed by atoms with Gasteiger partial charge in [0.2, 0.25) is 11.7 Å². The SMILES string of the molecule is COc1ccc(N=Nc2c(OOOS)cc3cc(S(=O)(=O)O)cc(NC(C)=O)c3c2O)c(S(=O)(=O)O)c1. The lowest BCUT2D eigenvalue weighted by molar-refractivity contribution is -0.402. The van der Waals surface area contributed by atoms with E-state index < -0.39 is 53.1 Å². The molecule has 0 aliphatic carbocycles. The number of azo groups is 1. The predicted octanol–water partition coefficient (Wildman–Crippen LogP) is 3.51. The lowest BCUT2D eigenvalue weighted by atomic mass is 10.1. The van der Waals surface area contributed by atoms with Gasteiger partial charge in [0.25, 0.3) is 20.2 Å². The Morgan fingerprint density at radius 2 is 1.73 bits per heavy atom. The quantitative estimate of drug-likeness (QED) is 0.0618. The van der Waals surface area contributed by atoms with Gasteiger partial charge in [-0.1, -0.05) is 0 Å². The molecule has 18 heteroatoms. The molecular weight excluding hydrogens is 558 g/mol. The minimum absolute atomic E-state index is 0.0815. The second kappa shape index (κ2) is 10.8. The number of hydrogen-bond acceptors (Lipinski definition) is 13. The highest BCUT2D eigenvalue weighted by molar-refractivity contribution is 7.86. The highest BCUT2D eigenvalue weighted by Crippen LogP contribution is 2.47. The molecule has 0 atom stereocenters. The summed E-state index contributed by atoms with van der Waals surface area (Å²) in [7, 11) is -8.27. The van der Waals surface area contributed by atoms with Crippen molar-refractivity contribution in [2.45, 2.75) is 16.7 Å². The molecule has 1 amide bonds. The van der Waals surface area contributed by atoms with E-state index in [-0.39, 0.29) is 27.9 Å². The molecule has 0 aromatic heterocycles. The van der Waals surface area contributed by atoms with Crippen LogP contribution in [0.4, 0.5) is 17.1 Å². The van der Waals surface area contributed by atoms with Gasteiger partial charge in [0, 0.05) is 31.3 Å².